The first-order valence-corrected chi connectivity index (χ1v) is 4.73. The summed E-state index contributed by atoms with van der Waals surface area (Å²) in [5, 5.41) is 9.53. The van der Waals surface area contributed by atoms with Gasteiger partial charge in [0.05, 0.1) is 12.7 Å². The van der Waals surface area contributed by atoms with Crippen LogP contribution < -0.4 is 4.74 Å². The molecular formula is C12H10O4. The van der Waals surface area contributed by atoms with E-state index in [-0.39, 0.29) is 34.2 Å². The van der Waals surface area contributed by atoms with Crippen molar-refractivity contribution in [1.29, 1.82) is 0 Å². The van der Waals surface area contributed by atoms with Gasteiger partial charge in [0.1, 0.15) is 0 Å². The normalized spacial score (nSPS) is 14.5. The van der Waals surface area contributed by atoms with Gasteiger partial charge in [-0.25, -0.2) is 0 Å². The summed E-state index contributed by atoms with van der Waals surface area (Å²) < 4.78 is 4.95. The molecule has 0 atom stereocenters. The summed E-state index contributed by atoms with van der Waals surface area (Å²) in [6, 6.07) is 2.78. The quantitative estimate of drug-likeness (QED) is 0.779. The number of phenolic OH excluding ortho intramolecular Hbond substituents is 1. The molecule has 0 amide bonds. The van der Waals surface area contributed by atoms with Gasteiger partial charge >= 0.3 is 0 Å². The zero-order chi connectivity index (χ0) is 11.9. The van der Waals surface area contributed by atoms with E-state index in [1.165, 1.54) is 25.3 Å². The monoisotopic (exact) mass is 218 g/mol. The van der Waals surface area contributed by atoms with Gasteiger partial charge in [-0.2, -0.15) is 0 Å². The smallest absolute Gasteiger partial charge is 0.190 e. The van der Waals surface area contributed by atoms with Crippen LogP contribution in [0.15, 0.2) is 23.8 Å². The first-order chi connectivity index (χ1) is 7.56. The zero-order valence-corrected chi connectivity index (χ0v) is 8.90. The number of hydrogen-bond acceptors (Lipinski definition) is 4. The maximum atomic E-state index is 11.8. The van der Waals surface area contributed by atoms with E-state index in [9.17, 15) is 14.7 Å². The highest BCUT2D eigenvalue weighted by Gasteiger charge is 2.28. The molecular weight excluding hydrogens is 208 g/mol. The number of aromatic hydroxyl groups is 1. The van der Waals surface area contributed by atoms with E-state index in [1.807, 2.05) is 0 Å². The number of ether oxygens (including phenoxy) is 1. The van der Waals surface area contributed by atoms with Crippen LogP contribution in [0.25, 0.3) is 0 Å². The molecule has 16 heavy (non-hydrogen) atoms. The largest absolute Gasteiger partial charge is 0.504 e. The molecule has 1 aliphatic rings. The Morgan fingerprint density at radius 1 is 1.25 bits per heavy atom. The maximum Gasteiger partial charge on any atom is 0.190 e. The van der Waals surface area contributed by atoms with Crippen LogP contribution >= 0.6 is 0 Å². The SMILES string of the molecule is COc1c(O)ccc2c1C(=O)C=C(C)C2=O. The fourth-order valence-electron chi connectivity index (χ4n) is 1.76. The summed E-state index contributed by atoms with van der Waals surface area (Å²) in [6.45, 7) is 1.59. The molecule has 0 saturated heterocycles. The topological polar surface area (TPSA) is 63.6 Å². The van der Waals surface area contributed by atoms with Crippen LogP contribution in [0.5, 0.6) is 11.5 Å². The molecule has 0 aliphatic heterocycles. The van der Waals surface area contributed by atoms with Gasteiger partial charge in [0, 0.05) is 11.1 Å². The minimum absolute atomic E-state index is 0.0552. The van der Waals surface area contributed by atoms with Crippen molar-refractivity contribution in [2.24, 2.45) is 0 Å². The van der Waals surface area contributed by atoms with E-state index in [4.69, 9.17) is 4.74 Å². The number of allylic oxidation sites excluding steroid dienone is 2. The Balaban J connectivity index is 2.77. The van der Waals surface area contributed by atoms with E-state index < -0.39 is 0 Å². The Morgan fingerprint density at radius 2 is 1.94 bits per heavy atom. The number of fused-ring (bicyclic) bond motifs is 1. The molecule has 2 rings (SSSR count). The molecule has 82 valence electrons. The Hall–Kier alpha value is -2.10. The van der Waals surface area contributed by atoms with Crippen LogP contribution in [0.4, 0.5) is 0 Å². The van der Waals surface area contributed by atoms with Crippen LogP contribution in [0.3, 0.4) is 0 Å². The molecule has 1 aromatic rings. The van der Waals surface area contributed by atoms with E-state index >= 15 is 0 Å². The summed E-state index contributed by atoms with van der Waals surface area (Å²) in [7, 11) is 1.35. The molecule has 0 unspecified atom stereocenters. The number of phenols is 1. The summed E-state index contributed by atoms with van der Waals surface area (Å²) >= 11 is 0. The molecule has 4 nitrogen and oxygen atoms in total. The fourth-order valence-corrected chi connectivity index (χ4v) is 1.76. The summed E-state index contributed by atoms with van der Waals surface area (Å²) in [5.74, 6) is -0.622. The number of methoxy groups -OCH3 is 1. The van der Waals surface area contributed by atoms with Crippen molar-refractivity contribution in [1.82, 2.24) is 0 Å². The lowest BCUT2D eigenvalue weighted by Gasteiger charge is -2.16. The molecule has 4 heteroatoms. The van der Waals surface area contributed by atoms with Crippen molar-refractivity contribution in [3.63, 3.8) is 0 Å². The molecule has 0 saturated carbocycles. The standard InChI is InChI=1S/C12H10O4/c1-6-5-9(14)10-7(11(6)15)3-4-8(13)12(10)16-2/h3-5,13H,1-2H3. The Kier molecular flexibility index (Phi) is 2.27. The third-order valence-electron chi connectivity index (χ3n) is 2.54. The van der Waals surface area contributed by atoms with Crippen LogP contribution in [0, 0.1) is 0 Å². The molecule has 0 aromatic heterocycles. The molecule has 0 bridgehead atoms. The highest BCUT2D eigenvalue weighted by Crippen LogP contribution is 2.36. The molecule has 1 aliphatic carbocycles. The predicted molar refractivity (Wildman–Crippen MR) is 57.1 cm³/mol. The highest BCUT2D eigenvalue weighted by atomic mass is 16.5. The molecule has 0 fully saturated rings. The van der Waals surface area contributed by atoms with Crippen molar-refractivity contribution in [2.75, 3.05) is 7.11 Å². The van der Waals surface area contributed by atoms with E-state index in [2.05, 4.69) is 0 Å². The van der Waals surface area contributed by atoms with Crippen molar-refractivity contribution in [3.8, 4) is 11.5 Å². The van der Waals surface area contributed by atoms with Crippen LogP contribution in [-0.4, -0.2) is 23.8 Å². The average Bonchev–Trinajstić information content (AvgIpc) is 2.25. The third kappa shape index (κ3) is 1.31. The van der Waals surface area contributed by atoms with Gasteiger partial charge in [-0.3, -0.25) is 9.59 Å². The lowest BCUT2D eigenvalue weighted by atomic mass is 9.89. The van der Waals surface area contributed by atoms with Gasteiger partial charge in [0.15, 0.2) is 23.1 Å². The number of rotatable bonds is 1. The maximum absolute atomic E-state index is 11.8. The van der Waals surface area contributed by atoms with Crippen molar-refractivity contribution < 1.29 is 19.4 Å². The number of Topliss-reactive ketones (excluding diaryl/α,β-unsaturated/α-hetero) is 1. The Morgan fingerprint density at radius 3 is 2.56 bits per heavy atom. The van der Waals surface area contributed by atoms with Gasteiger partial charge in [0.2, 0.25) is 0 Å². The summed E-state index contributed by atoms with van der Waals surface area (Å²) in [5.41, 5.74) is 0.808. The van der Waals surface area contributed by atoms with Crippen LogP contribution in [0.1, 0.15) is 27.6 Å². The van der Waals surface area contributed by atoms with Crippen molar-refractivity contribution in [3.05, 3.63) is 34.9 Å². The number of hydrogen-bond donors (Lipinski definition) is 1. The van der Waals surface area contributed by atoms with Gasteiger partial charge in [0.25, 0.3) is 0 Å². The van der Waals surface area contributed by atoms with Gasteiger partial charge in [-0.05, 0) is 25.1 Å². The Labute approximate surface area is 92.2 Å². The highest BCUT2D eigenvalue weighted by molar-refractivity contribution is 6.25. The summed E-state index contributed by atoms with van der Waals surface area (Å²) in [6.07, 6.45) is 1.26. The number of carbonyl (C=O) groups is 2. The van der Waals surface area contributed by atoms with Gasteiger partial charge < -0.3 is 9.84 Å². The molecule has 0 heterocycles. The molecule has 1 N–H and O–H groups in total. The van der Waals surface area contributed by atoms with Crippen LogP contribution in [-0.2, 0) is 0 Å². The van der Waals surface area contributed by atoms with Crippen LogP contribution in [0.2, 0.25) is 0 Å². The second-order valence-electron chi connectivity index (χ2n) is 3.56. The number of carbonyl (C=O) groups excluding carboxylic acids is 2. The van der Waals surface area contributed by atoms with Crippen molar-refractivity contribution in [2.45, 2.75) is 6.92 Å². The van der Waals surface area contributed by atoms with E-state index in [0.29, 0.717) is 5.57 Å². The molecule has 0 radical (unpaired) electrons. The van der Waals surface area contributed by atoms with E-state index in [0.717, 1.165) is 0 Å². The zero-order valence-electron chi connectivity index (χ0n) is 8.90. The third-order valence-corrected chi connectivity index (χ3v) is 2.54. The second kappa shape index (κ2) is 3.48. The summed E-state index contributed by atoms with van der Waals surface area (Å²) in [4.78, 5) is 23.5. The predicted octanol–water partition coefficient (Wildman–Crippen LogP) is 1.73. The second-order valence-corrected chi connectivity index (χ2v) is 3.56. The lowest BCUT2D eigenvalue weighted by molar-refractivity contribution is 0.0981. The number of ketones is 2. The number of benzene rings is 1. The lowest BCUT2D eigenvalue weighted by Crippen LogP contribution is -2.16. The Bertz CT molecular complexity index is 526. The average molecular weight is 218 g/mol. The van der Waals surface area contributed by atoms with Crippen molar-refractivity contribution >= 4 is 11.6 Å². The van der Waals surface area contributed by atoms with Gasteiger partial charge in [-0.1, -0.05) is 0 Å². The fraction of sp³-hybridized carbons (Fsp3) is 0.167. The minimum Gasteiger partial charge on any atom is -0.504 e. The van der Waals surface area contributed by atoms with Gasteiger partial charge in [-0.15, -0.1) is 0 Å². The van der Waals surface area contributed by atoms with E-state index in [1.54, 1.807) is 6.92 Å². The first kappa shape index (κ1) is 10.4. The molecule has 1 aromatic carbocycles. The molecule has 0 spiro atoms. The first-order valence-electron chi connectivity index (χ1n) is 4.73. The minimum atomic E-state index is -0.320.